The second-order valence-electron chi connectivity index (χ2n) is 6.39. The van der Waals surface area contributed by atoms with Crippen LogP contribution in [0.3, 0.4) is 0 Å². The average molecular weight is 415 g/mol. The molecule has 0 atom stereocenters. The minimum Gasteiger partial charge on any atom is -0.478 e. The first-order valence-electron chi connectivity index (χ1n) is 8.38. The zero-order valence-electron chi connectivity index (χ0n) is 15.1. The molecule has 0 aromatic heterocycles. The molecule has 0 bridgehead atoms. The van der Waals surface area contributed by atoms with Crippen molar-refractivity contribution in [1.82, 2.24) is 0 Å². The van der Waals surface area contributed by atoms with Crippen molar-refractivity contribution in [2.75, 3.05) is 0 Å². The van der Waals surface area contributed by atoms with E-state index in [0.29, 0.717) is 32.3 Å². The van der Waals surface area contributed by atoms with Gasteiger partial charge in [-0.05, 0) is 36.6 Å². The van der Waals surface area contributed by atoms with Crippen LogP contribution in [-0.2, 0) is 0 Å². The summed E-state index contributed by atoms with van der Waals surface area (Å²) in [5, 5.41) is 20.4. The average Bonchev–Trinajstić information content (AvgIpc) is 2.65. The number of aromatic carboxylic acids is 2. The summed E-state index contributed by atoms with van der Waals surface area (Å²) in [6.45, 7) is 3.59. The largest absolute Gasteiger partial charge is 0.478 e. The molecule has 2 N–H and O–H groups in total. The molecular weight excluding hydrogens is 399 g/mol. The van der Waals surface area contributed by atoms with Crippen LogP contribution in [0, 0.1) is 13.8 Å². The molecule has 142 valence electrons. The molecule has 3 aromatic carbocycles. The summed E-state index contributed by atoms with van der Waals surface area (Å²) in [5.74, 6) is -2.50. The van der Waals surface area contributed by atoms with Gasteiger partial charge in [0, 0.05) is 16.7 Å². The van der Waals surface area contributed by atoms with Crippen LogP contribution in [0.25, 0.3) is 22.3 Å². The molecule has 28 heavy (non-hydrogen) atoms. The molecule has 6 heteroatoms. The van der Waals surface area contributed by atoms with Crippen molar-refractivity contribution in [2.24, 2.45) is 0 Å². The molecule has 0 aliphatic rings. The van der Waals surface area contributed by atoms with Crippen LogP contribution in [-0.4, -0.2) is 22.2 Å². The second-order valence-corrected chi connectivity index (χ2v) is 7.15. The van der Waals surface area contributed by atoms with Gasteiger partial charge >= 0.3 is 11.9 Å². The van der Waals surface area contributed by atoms with Gasteiger partial charge in [-0.2, -0.15) is 0 Å². The number of rotatable bonds is 4. The van der Waals surface area contributed by atoms with Crippen LogP contribution in [0.1, 0.15) is 31.8 Å². The van der Waals surface area contributed by atoms with Gasteiger partial charge in [-0.3, -0.25) is 0 Å². The highest BCUT2D eigenvalue weighted by molar-refractivity contribution is 6.35. The van der Waals surface area contributed by atoms with E-state index in [1.54, 1.807) is 37.3 Å². The van der Waals surface area contributed by atoms with E-state index in [1.807, 2.05) is 13.0 Å². The molecule has 0 saturated carbocycles. The number of benzene rings is 3. The molecule has 0 fully saturated rings. The monoisotopic (exact) mass is 414 g/mol. The predicted molar refractivity (Wildman–Crippen MR) is 111 cm³/mol. The number of hydrogen-bond donors (Lipinski definition) is 2. The van der Waals surface area contributed by atoms with Crippen molar-refractivity contribution in [1.29, 1.82) is 0 Å². The molecule has 0 radical (unpaired) electrons. The molecule has 3 aromatic rings. The molecule has 0 spiro atoms. The molecule has 3 rings (SSSR count). The van der Waals surface area contributed by atoms with Gasteiger partial charge in [0.05, 0.1) is 21.2 Å². The fourth-order valence-electron chi connectivity index (χ4n) is 3.20. The van der Waals surface area contributed by atoms with E-state index in [1.165, 1.54) is 12.1 Å². The fourth-order valence-corrected chi connectivity index (χ4v) is 3.65. The standard InChI is InChI=1S/C22H16Cl2O4/c1-11-5-3-7-14(19(11)23)13-9-10-16(21(25)26)17(18(13)22(27)28)15-8-4-6-12(2)20(15)24/h3-10H,1-2H3,(H,25,26)(H,27,28). The van der Waals surface area contributed by atoms with Gasteiger partial charge in [-0.1, -0.05) is 65.7 Å². The molecular formula is C22H16Cl2O4. The van der Waals surface area contributed by atoms with Crippen molar-refractivity contribution < 1.29 is 19.8 Å². The van der Waals surface area contributed by atoms with Gasteiger partial charge in [0.15, 0.2) is 0 Å². The van der Waals surface area contributed by atoms with Crippen molar-refractivity contribution in [2.45, 2.75) is 13.8 Å². The van der Waals surface area contributed by atoms with E-state index in [0.717, 1.165) is 5.56 Å². The Balaban J connectivity index is 2.49. The first-order valence-corrected chi connectivity index (χ1v) is 9.14. The Morgan fingerprint density at radius 3 is 1.79 bits per heavy atom. The van der Waals surface area contributed by atoms with Gasteiger partial charge in [0.2, 0.25) is 0 Å². The van der Waals surface area contributed by atoms with E-state index in [9.17, 15) is 19.8 Å². The lowest BCUT2D eigenvalue weighted by atomic mass is 9.87. The Bertz CT molecular complexity index is 1120. The molecule has 4 nitrogen and oxygen atoms in total. The maximum absolute atomic E-state index is 12.3. The third-order valence-electron chi connectivity index (χ3n) is 4.59. The summed E-state index contributed by atoms with van der Waals surface area (Å²) in [6, 6.07) is 13.2. The molecule has 0 saturated heterocycles. The lowest BCUT2D eigenvalue weighted by molar-refractivity contribution is 0.0696. The summed E-state index contributed by atoms with van der Waals surface area (Å²) in [7, 11) is 0. The van der Waals surface area contributed by atoms with E-state index in [-0.39, 0.29) is 16.7 Å². The van der Waals surface area contributed by atoms with Crippen LogP contribution >= 0.6 is 23.2 Å². The lowest BCUT2D eigenvalue weighted by Crippen LogP contribution is -2.10. The summed E-state index contributed by atoms with van der Waals surface area (Å²) in [6.07, 6.45) is 0. The summed E-state index contributed by atoms with van der Waals surface area (Å²) >= 11 is 12.9. The Hall–Kier alpha value is -2.82. The number of carboxylic acids is 2. The number of aryl methyl sites for hydroxylation is 2. The third kappa shape index (κ3) is 3.37. The zero-order valence-corrected chi connectivity index (χ0v) is 16.6. The smallest absolute Gasteiger partial charge is 0.336 e. The number of halogens is 2. The molecule has 0 aliphatic heterocycles. The Morgan fingerprint density at radius 1 is 0.714 bits per heavy atom. The summed E-state index contributed by atoms with van der Waals surface area (Å²) in [4.78, 5) is 24.2. The van der Waals surface area contributed by atoms with Crippen LogP contribution in [0.2, 0.25) is 10.0 Å². The van der Waals surface area contributed by atoms with Crippen LogP contribution in [0.5, 0.6) is 0 Å². The maximum atomic E-state index is 12.3. The van der Waals surface area contributed by atoms with E-state index in [2.05, 4.69) is 0 Å². The van der Waals surface area contributed by atoms with Gasteiger partial charge in [-0.15, -0.1) is 0 Å². The molecule has 0 heterocycles. The topological polar surface area (TPSA) is 74.6 Å². The van der Waals surface area contributed by atoms with Gasteiger partial charge in [0.25, 0.3) is 0 Å². The van der Waals surface area contributed by atoms with Crippen LogP contribution in [0.15, 0.2) is 48.5 Å². The molecule has 0 amide bonds. The van der Waals surface area contributed by atoms with Crippen LogP contribution < -0.4 is 0 Å². The number of hydrogen-bond acceptors (Lipinski definition) is 2. The number of carboxylic acid groups (broad SMARTS) is 2. The summed E-state index contributed by atoms with van der Waals surface area (Å²) < 4.78 is 0. The Kier molecular flexibility index (Phi) is 5.45. The first kappa shape index (κ1) is 19.9. The highest BCUT2D eigenvalue weighted by Crippen LogP contribution is 2.41. The Labute approximate surface area is 172 Å². The Morgan fingerprint density at radius 2 is 1.25 bits per heavy atom. The van der Waals surface area contributed by atoms with E-state index < -0.39 is 11.9 Å². The highest BCUT2D eigenvalue weighted by atomic mass is 35.5. The van der Waals surface area contributed by atoms with Crippen molar-refractivity contribution >= 4 is 35.1 Å². The van der Waals surface area contributed by atoms with Crippen molar-refractivity contribution in [3.8, 4) is 22.3 Å². The van der Waals surface area contributed by atoms with Crippen molar-refractivity contribution in [3.63, 3.8) is 0 Å². The van der Waals surface area contributed by atoms with Crippen molar-refractivity contribution in [3.05, 3.63) is 80.8 Å². The SMILES string of the molecule is Cc1cccc(-c2ccc(C(=O)O)c(-c3cccc(C)c3Cl)c2C(=O)O)c1Cl. The first-order chi connectivity index (χ1) is 13.2. The molecule has 0 unspecified atom stereocenters. The van der Waals surface area contributed by atoms with Gasteiger partial charge in [-0.25, -0.2) is 9.59 Å². The predicted octanol–water partition coefficient (Wildman–Crippen LogP) is 6.34. The van der Waals surface area contributed by atoms with E-state index in [4.69, 9.17) is 23.2 Å². The summed E-state index contributed by atoms with van der Waals surface area (Å²) in [5.41, 5.74) is 2.46. The minimum atomic E-state index is -1.26. The van der Waals surface area contributed by atoms with Crippen LogP contribution in [0.4, 0.5) is 0 Å². The zero-order chi connectivity index (χ0) is 20.6. The minimum absolute atomic E-state index is 0.0590. The number of carbonyl (C=O) groups is 2. The fraction of sp³-hybridized carbons (Fsp3) is 0.0909. The third-order valence-corrected chi connectivity index (χ3v) is 5.60. The van der Waals surface area contributed by atoms with Gasteiger partial charge in [0.1, 0.15) is 0 Å². The normalized spacial score (nSPS) is 10.7. The maximum Gasteiger partial charge on any atom is 0.336 e. The van der Waals surface area contributed by atoms with E-state index >= 15 is 0 Å². The molecule has 0 aliphatic carbocycles. The quantitative estimate of drug-likeness (QED) is 0.521. The highest BCUT2D eigenvalue weighted by Gasteiger charge is 2.26. The second kappa shape index (κ2) is 7.66. The van der Waals surface area contributed by atoms with Gasteiger partial charge < -0.3 is 10.2 Å². The lowest BCUT2D eigenvalue weighted by Gasteiger charge is -2.18.